The van der Waals surface area contributed by atoms with Gasteiger partial charge in [-0.2, -0.15) is 0 Å². The van der Waals surface area contributed by atoms with Gasteiger partial charge < -0.3 is 0 Å². The minimum atomic E-state index is 0.568. The first-order valence-corrected chi connectivity index (χ1v) is 12.6. The average molecular weight is 383 g/mol. The highest BCUT2D eigenvalue weighted by atomic mass is 14.6. The number of rotatable bonds is 5. The Labute approximate surface area is 175 Å². The summed E-state index contributed by atoms with van der Waals surface area (Å²) in [5.41, 5.74) is 4.60. The summed E-state index contributed by atoms with van der Waals surface area (Å²) in [6, 6.07) is 0. The fraction of sp³-hybridized carbons (Fsp3) is 0.857. The van der Waals surface area contributed by atoms with Crippen LogP contribution < -0.4 is 0 Å². The second kappa shape index (κ2) is 7.63. The molecule has 0 aliphatic heterocycles. The van der Waals surface area contributed by atoms with E-state index < -0.39 is 0 Å². The second-order valence-electron chi connectivity index (χ2n) is 12.1. The van der Waals surface area contributed by atoms with E-state index in [2.05, 4.69) is 47.3 Å². The van der Waals surface area contributed by atoms with Crippen molar-refractivity contribution in [2.75, 3.05) is 0 Å². The zero-order valence-corrected chi connectivity index (χ0v) is 19.5. The standard InChI is InChI=1S/C28H46/c1-19(2)20(3)10-11-21(4)24-14-15-25-23-13-12-22-9-7-8-17-27(22,5)26(23)16-18-28(24,25)6/h13,19,21-22,24-26H,3,7-12,14-18H2,1-2,4-6H3/t21-,22?,24-,25+,26+,27+,28-/m1/s1. The molecule has 0 N–H and O–H groups in total. The molecule has 0 heteroatoms. The predicted molar refractivity (Wildman–Crippen MR) is 122 cm³/mol. The van der Waals surface area contributed by atoms with Crippen LogP contribution in [-0.2, 0) is 0 Å². The lowest BCUT2D eigenvalue weighted by molar-refractivity contribution is -0.00783. The van der Waals surface area contributed by atoms with Gasteiger partial charge in [-0.1, -0.05) is 71.3 Å². The summed E-state index contributed by atoms with van der Waals surface area (Å²) in [7, 11) is 0. The SMILES string of the molecule is C=C(CC[C@@H](C)[C@H]1CC[C@H]2C3=CCC4CCCC[C@]4(C)[C@H]3CC[C@]12C)C(C)C. The summed E-state index contributed by atoms with van der Waals surface area (Å²) in [6.45, 7) is 16.9. The third-order valence-electron chi connectivity index (χ3n) is 10.5. The Bertz CT molecular complexity index is 624. The predicted octanol–water partition coefficient (Wildman–Crippen LogP) is 8.58. The Morgan fingerprint density at radius 2 is 1.75 bits per heavy atom. The van der Waals surface area contributed by atoms with Gasteiger partial charge in [0.1, 0.15) is 0 Å². The summed E-state index contributed by atoms with van der Waals surface area (Å²) < 4.78 is 0. The van der Waals surface area contributed by atoms with E-state index in [0.29, 0.717) is 16.7 Å². The summed E-state index contributed by atoms with van der Waals surface area (Å²) in [6.07, 6.45) is 18.6. The molecule has 0 bridgehead atoms. The van der Waals surface area contributed by atoms with Gasteiger partial charge in [0, 0.05) is 0 Å². The van der Waals surface area contributed by atoms with Crippen LogP contribution >= 0.6 is 0 Å². The third kappa shape index (κ3) is 3.26. The van der Waals surface area contributed by atoms with E-state index >= 15 is 0 Å². The summed E-state index contributed by atoms with van der Waals surface area (Å²) in [4.78, 5) is 0. The number of fused-ring (bicyclic) bond motifs is 5. The fourth-order valence-corrected chi connectivity index (χ4v) is 8.42. The molecule has 4 aliphatic carbocycles. The van der Waals surface area contributed by atoms with E-state index in [1.165, 1.54) is 76.2 Å². The van der Waals surface area contributed by atoms with E-state index in [-0.39, 0.29) is 0 Å². The number of allylic oxidation sites excluding steroid dienone is 3. The first kappa shape index (κ1) is 20.7. The van der Waals surface area contributed by atoms with Crippen molar-refractivity contribution in [3.8, 4) is 0 Å². The minimum absolute atomic E-state index is 0.568. The van der Waals surface area contributed by atoms with Crippen molar-refractivity contribution in [2.24, 2.45) is 46.3 Å². The molecule has 0 saturated heterocycles. The van der Waals surface area contributed by atoms with Crippen LogP contribution in [0, 0.1) is 46.3 Å². The molecule has 158 valence electrons. The van der Waals surface area contributed by atoms with Crippen molar-refractivity contribution in [3.05, 3.63) is 23.8 Å². The molecular formula is C28H46. The molecule has 7 atom stereocenters. The van der Waals surface area contributed by atoms with Gasteiger partial charge >= 0.3 is 0 Å². The van der Waals surface area contributed by atoms with Crippen LogP contribution in [0.4, 0.5) is 0 Å². The summed E-state index contributed by atoms with van der Waals surface area (Å²) >= 11 is 0. The Morgan fingerprint density at radius 1 is 1.00 bits per heavy atom. The Hall–Kier alpha value is -0.520. The smallest absolute Gasteiger partial charge is 0.0143 e. The third-order valence-corrected chi connectivity index (χ3v) is 10.5. The van der Waals surface area contributed by atoms with Crippen LogP contribution in [0.25, 0.3) is 0 Å². The van der Waals surface area contributed by atoms with Gasteiger partial charge in [0.2, 0.25) is 0 Å². The normalized spacial score (nSPS) is 43.7. The highest BCUT2D eigenvalue weighted by Gasteiger charge is 2.57. The first-order valence-electron chi connectivity index (χ1n) is 12.6. The van der Waals surface area contributed by atoms with Crippen molar-refractivity contribution in [1.82, 2.24) is 0 Å². The molecule has 0 amide bonds. The Balaban J connectivity index is 1.50. The van der Waals surface area contributed by atoms with Crippen LogP contribution in [0.1, 0.15) is 105 Å². The number of hydrogen-bond donors (Lipinski definition) is 0. The van der Waals surface area contributed by atoms with Crippen molar-refractivity contribution >= 4 is 0 Å². The van der Waals surface area contributed by atoms with Gasteiger partial charge in [0.05, 0.1) is 0 Å². The monoisotopic (exact) mass is 382 g/mol. The van der Waals surface area contributed by atoms with E-state index in [9.17, 15) is 0 Å². The lowest BCUT2D eigenvalue weighted by Gasteiger charge is -2.57. The van der Waals surface area contributed by atoms with Gasteiger partial charge in [-0.25, -0.2) is 0 Å². The van der Waals surface area contributed by atoms with Gasteiger partial charge in [-0.05, 0) is 104 Å². The van der Waals surface area contributed by atoms with E-state index in [1.807, 2.05) is 5.57 Å². The first-order chi connectivity index (χ1) is 13.3. The van der Waals surface area contributed by atoms with E-state index in [0.717, 1.165) is 29.6 Å². The lowest BCUT2D eigenvalue weighted by Crippen LogP contribution is -2.48. The zero-order chi connectivity index (χ0) is 20.1. The molecule has 0 heterocycles. The molecule has 0 aromatic heterocycles. The highest BCUT2D eigenvalue weighted by Crippen LogP contribution is 2.66. The second-order valence-corrected chi connectivity index (χ2v) is 12.1. The molecule has 0 radical (unpaired) electrons. The highest BCUT2D eigenvalue weighted by molar-refractivity contribution is 5.27. The molecule has 3 fully saturated rings. The molecule has 0 aromatic rings. The maximum Gasteiger partial charge on any atom is -0.0143 e. The van der Waals surface area contributed by atoms with Crippen molar-refractivity contribution in [1.29, 1.82) is 0 Å². The fourth-order valence-electron chi connectivity index (χ4n) is 8.42. The molecule has 0 aromatic carbocycles. The van der Waals surface area contributed by atoms with Crippen LogP contribution in [0.2, 0.25) is 0 Å². The van der Waals surface area contributed by atoms with Gasteiger partial charge in [0.25, 0.3) is 0 Å². The van der Waals surface area contributed by atoms with Crippen molar-refractivity contribution in [2.45, 2.75) is 105 Å². The van der Waals surface area contributed by atoms with Gasteiger partial charge in [-0.3, -0.25) is 0 Å². The zero-order valence-electron chi connectivity index (χ0n) is 19.5. The topological polar surface area (TPSA) is 0 Å². The largest absolute Gasteiger partial charge is 0.0996 e. The Kier molecular flexibility index (Phi) is 5.65. The quantitative estimate of drug-likeness (QED) is 0.418. The van der Waals surface area contributed by atoms with Gasteiger partial charge in [0.15, 0.2) is 0 Å². The summed E-state index contributed by atoms with van der Waals surface area (Å²) in [5.74, 6) is 5.22. The molecular weight excluding hydrogens is 336 g/mol. The molecule has 4 aliphatic rings. The van der Waals surface area contributed by atoms with Crippen LogP contribution in [0.15, 0.2) is 23.8 Å². The van der Waals surface area contributed by atoms with Crippen molar-refractivity contribution in [3.63, 3.8) is 0 Å². The minimum Gasteiger partial charge on any atom is -0.0996 e. The molecule has 0 spiro atoms. The molecule has 28 heavy (non-hydrogen) atoms. The molecule has 0 nitrogen and oxygen atoms in total. The average Bonchev–Trinajstić information content (AvgIpc) is 3.02. The summed E-state index contributed by atoms with van der Waals surface area (Å²) in [5, 5.41) is 0. The van der Waals surface area contributed by atoms with Crippen molar-refractivity contribution < 1.29 is 0 Å². The van der Waals surface area contributed by atoms with E-state index in [1.54, 1.807) is 0 Å². The van der Waals surface area contributed by atoms with E-state index in [4.69, 9.17) is 0 Å². The molecule has 3 saturated carbocycles. The molecule has 4 rings (SSSR count). The number of hydrogen-bond acceptors (Lipinski definition) is 0. The Morgan fingerprint density at radius 3 is 2.50 bits per heavy atom. The van der Waals surface area contributed by atoms with Gasteiger partial charge in [-0.15, -0.1) is 0 Å². The van der Waals surface area contributed by atoms with Crippen LogP contribution in [-0.4, -0.2) is 0 Å². The van der Waals surface area contributed by atoms with Crippen LogP contribution in [0.5, 0.6) is 0 Å². The maximum absolute atomic E-state index is 4.34. The van der Waals surface area contributed by atoms with Crippen LogP contribution in [0.3, 0.4) is 0 Å². The molecule has 1 unspecified atom stereocenters. The lowest BCUT2D eigenvalue weighted by atomic mass is 9.48. The maximum atomic E-state index is 4.34.